The number of aromatic nitrogens is 8. The van der Waals surface area contributed by atoms with Crippen molar-refractivity contribution in [1.29, 1.82) is 0 Å². The molecule has 4 N–H and O–H groups in total. The van der Waals surface area contributed by atoms with Gasteiger partial charge in [0.15, 0.2) is 35.7 Å². The third-order valence-corrected chi connectivity index (χ3v) is 11.3. The van der Waals surface area contributed by atoms with E-state index in [-0.39, 0.29) is 17.7 Å². The van der Waals surface area contributed by atoms with Crippen LogP contribution >= 0.6 is 0 Å². The second-order valence-corrected chi connectivity index (χ2v) is 16.7. The van der Waals surface area contributed by atoms with Crippen LogP contribution in [0, 0.1) is 13.1 Å². The molecule has 0 atom stereocenters. The lowest BCUT2D eigenvalue weighted by Crippen LogP contribution is -2.41. The zero-order chi connectivity index (χ0) is 45.9. The summed E-state index contributed by atoms with van der Waals surface area (Å²) in [6.07, 6.45) is 9.69. The standard InChI is InChI=1S/C25H29N7O3.C22H25N7O/c1-25(2,3)35-24(33)32-10-8-16(9-11-32)17-6-7-18(20(12-17)34-5)19-13-21(31-30-19)29-23-15-27-22(26-4)14-28-23;1-4-29-9-7-15(8-10-29)16-5-6-17(19(11-16)30-3)18-12-20(28-27-18)26-22-14-24-21(23-2)13-25-22/h6-7,12-16H,8-11H2,1-3,5H3,(H2,28,29,30,31);5-6,11-15H,4,7-10H2,1,3H3,(H2,25,26,27,28). The number of anilines is 4. The van der Waals surface area contributed by atoms with Crippen molar-refractivity contribution < 1.29 is 19.0 Å². The zero-order valence-electron chi connectivity index (χ0n) is 37.6. The number of rotatable bonds is 11. The number of hydrogen-bond acceptors (Lipinski definition) is 13. The summed E-state index contributed by atoms with van der Waals surface area (Å²) in [5.74, 6) is 5.21. The molecule has 6 heterocycles. The molecule has 6 aromatic rings. The van der Waals surface area contributed by atoms with E-state index in [0.717, 1.165) is 66.5 Å². The average Bonchev–Trinajstić information content (AvgIpc) is 4.01. The fourth-order valence-electron chi connectivity index (χ4n) is 7.87. The van der Waals surface area contributed by atoms with Gasteiger partial charge < -0.3 is 44.3 Å². The summed E-state index contributed by atoms with van der Waals surface area (Å²) >= 11 is 0. The van der Waals surface area contributed by atoms with Crippen LogP contribution in [0.1, 0.15) is 76.3 Å². The summed E-state index contributed by atoms with van der Waals surface area (Å²) in [4.78, 5) is 39.5. The molecule has 0 unspecified atom stereocenters. The maximum Gasteiger partial charge on any atom is 0.410 e. The SMILES string of the molecule is [C-]#[N+]c1cnc(Nc2cc(-c3ccc(C4CCN(C(=O)OC(C)(C)C)CC4)cc3OC)[nH]n2)cn1.[C-]#[N+]c1cnc(Nc2cc(-c3ccc(C4CCN(CC)CC4)cc3OC)[nH]n2)cn1. The van der Waals surface area contributed by atoms with Crippen molar-refractivity contribution in [3.63, 3.8) is 0 Å². The topological polar surface area (TPSA) is 193 Å². The lowest BCUT2D eigenvalue weighted by atomic mass is 9.88. The van der Waals surface area contributed by atoms with Gasteiger partial charge in [0.2, 0.25) is 0 Å². The Bertz CT molecular complexity index is 2610. The van der Waals surface area contributed by atoms with Crippen LogP contribution in [-0.2, 0) is 4.74 Å². The van der Waals surface area contributed by atoms with Crippen molar-refractivity contribution in [2.45, 2.75) is 70.8 Å². The van der Waals surface area contributed by atoms with Crippen LogP contribution in [0.4, 0.5) is 39.7 Å². The van der Waals surface area contributed by atoms with Gasteiger partial charge >= 0.3 is 6.09 Å². The van der Waals surface area contributed by atoms with Crippen molar-refractivity contribution in [3.8, 4) is 34.0 Å². The molecule has 2 aliphatic heterocycles. The first-order chi connectivity index (χ1) is 31.4. The van der Waals surface area contributed by atoms with Crippen LogP contribution in [-0.4, -0.2) is 109 Å². The van der Waals surface area contributed by atoms with Crippen LogP contribution in [0.3, 0.4) is 0 Å². The molecule has 18 nitrogen and oxygen atoms in total. The van der Waals surface area contributed by atoms with Crippen LogP contribution in [0.5, 0.6) is 11.5 Å². The molecular formula is C47H54N14O4. The van der Waals surface area contributed by atoms with Gasteiger partial charge in [-0.1, -0.05) is 32.2 Å². The summed E-state index contributed by atoms with van der Waals surface area (Å²) < 4.78 is 16.9. The van der Waals surface area contributed by atoms with E-state index in [1.54, 1.807) is 19.1 Å². The molecule has 2 saturated heterocycles. The summed E-state index contributed by atoms with van der Waals surface area (Å²) in [5, 5.41) is 20.9. The summed E-state index contributed by atoms with van der Waals surface area (Å²) in [5.41, 5.74) is 5.52. The highest BCUT2D eigenvalue weighted by Crippen LogP contribution is 2.38. The minimum absolute atomic E-state index is 0.235. The van der Waals surface area contributed by atoms with Crippen molar-refractivity contribution in [2.75, 3.05) is 57.6 Å². The van der Waals surface area contributed by atoms with E-state index in [1.165, 1.54) is 48.8 Å². The molecule has 18 heteroatoms. The molecule has 0 aliphatic carbocycles. The Morgan fingerprint density at radius 1 is 0.692 bits per heavy atom. The van der Waals surface area contributed by atoms with E-state index in [2.05, 4.69) is 103 Å². The highest BCUT2D eigenvalue weighted by atomic mass is 16.6. The quantitative estimate of drug-likeness (QED) is 0.0900. The largest absolute Gasteiger partial charge is 0.496 e. The molecule has 65 heavy (non-hydrogen) atoms. The third kappa shape index (κ3) is 11.7. The van der Waals surface area contributed by atoms with Gasteiger partial charge in [-0.3, -0.25) is 10.2 Å². The maximum absolute atomic E-state index is 12.4. The highest BCUT2D eigenvalue weighted by molar-refractivity contribution is 5.73. The molecule has 2 aliphatic rings. The molecule has 1 amide bonds. The first kappa shape index (κ1) is 45.5. The highest BCUT2D eigenvalue weighted by Gasteiger charge is 2.28. The van der Waals surface area contributed by atoms with Gasteiger partial charge in [-0.2, -0.15) is 10.2 Å². The normalized spacial score (nSPS) is 14.6. The Kier molecular flexibility index (Phi) is 14.5. The van der Waals surface area contributed by atoms with Gasteiger partial charge in [-0.05, 0) is 113 Å². The smallest absolute Gasteiger partial charge is 0.410 e. The number of carbonyl (C=O) groups is 1. The molecule has 8 rings (SSSR count). The Morgan fingerprint density at radius 2 is 1.15 bits per heavy atom. The van der Waals surface area contributed by atoms with Gasteiger partial charge in [-0.25, -0.2) is 14.8 Å². The minimum atomic E-state index is -0.490. The predicted molar refractivity (Wildman–Crippen MR) is 248 cm³/mol. The third-order valence-electron chi connectivity index (χ3n) is 11.3. The lowest BCUT2D eigenvalue weighted by molar-refractivity contribution is 0.0204. The van der Waals surface area contributed by atoms with E-state index in [4.69, 9.17) is 27.4 Å². The number of H-pyrrole nitrogens is 2. The van der Waals surface area contributed by atoms with Crippen LogP contribution in [0.15, 0.2) is 73.3 Å². The Morgan fingerprint density at radius 3 is 1.54 bits per heavy atom. The molecule has 0 radical (unpaired) electrons. The number of amides is 1. The molecule has 0 saturated carbocycles. The molecule has 0 spiro atoms. The van der Waals surface area contributed by atoms with Crippen LogP contribution in [0.25, 0.3) is 32.2 Å². The lowest BCUT2D eigenvalue weighted by Gasteiger charge is -2.33. The van der Waals surface area contributed by atoms with Crippen molar-refractivity contribution in [1.82, 2.24) is 50.1 Å². The van der Waals surface area contributed by atoms with Crippen molar-refractivity contribution >= 4 is 41.0 Å². The van der Waals surface area contributed by atoms with Gasteiger partial charge in [-0.15, -0.1) is 9.97 Å². The first-order valence-electron chi connectivity index (χ1n) is 21.6. The number of ether oxygens (including phenoxy) is 3. The average molecular weight is 879 g/mol. The van der Waals surface area contributed by atoms with Crippen molar-refractivity contribution in [2.24, 2.45) is 0 Å². The number of hydrogen-bond donors (Lipinski definition) is 4. The fraction of sp³-hybridized carbons (Fsp3) is 0.383. The van der Waals surface area contributed by atoms with Gasteiger partial charge in [0.25, 0.3) is 11.6 Å². The van der Waals surface area contributed by atoms with Crippen LogP contribution < -0.4 is 20.1 Å². The monoisotopic (exact) mass is 878 g/mol. The molecule has 4 aromatic heterocycles. The number of carbonyl (C=O) groups excluding carboxylic acids is 1. The summed E-state index contributed by atoms with van der Waals surface area (Å²) in [6.45, 7) is 26.5. The van der Waals surface area contributed by atoms with E-state index in [1.807, 2.05) is 39.0 Å². The first-order valence-corrected chi connectivity index (χ1v) is 21.6. The number of methoxy groups -OCH3 is 2. The Balaban J connectivity index is 0.000000196. The van der Waals surface area contributed by atoms with Gasteiger partial charge in [0.05, 0.1) is 38.0 Å². The number of likely N-dealkylation sites (tertiary alicyclic amines) is 2. The van der Waals surface area contributed by atoms with E-state index in [9.17, 15) is 4.79 Å². The summed E-state index contributed by atoms with van der Waals surface area (Å²) in [7, 11) is 3.35. The fourth-order valence-corrected chi connectivity index (χ4v) is 7.87. The second-order valence-electron chi connectivity index (χ2n) is 16.7. The molecule has 2 fully saturated rings. The number of benzene rings is 2. The van der Waals surface area contributed by atoms with E-state index in [0.29, 0.717) is 48.2 Å². The van der Waals surface area contributed by atoms with Crippen molar-refractivity contribution in [3.05, 3.63) is 107 Å². The molecule has 0 bridgehead atoms. The predicted octanol–water partition coefficient (Wildman–Crippen LogP) is 9.65. The van der Waals surface area contributed by atoms with Crippen LogP contribution in [0.2, 0.25) is 0 Å². The van der Waals surface area contributed by atoms with Gasteiger partial charge in [0.1, 0.15) is 17.1 Å². The zero-order valence-corrected chi connectivity index (χ0v) is 37.6. The van der Waals surface area contributed by atoms with E-state index < -0.39 is 5.60 Å². The second kappa shape index (κ2) is 20.7. The number of aromatic amines is 2. The summed E-state index contributed by atoms with van der Waals surface area (Å²) in [6, 6.07) is 16.4. The Labute approximate surface area is 378 Å². The minimum Gasteiger partial charge on any atom is -0.496 e. The Hall–Kier alpha value is -7.57. The number of nitrogens with one attached hydrogen (secondary N) is 4. The maximum atomic E-state index is 12.4. The number of nitrogens with zero attached hydrogens (tertiary/aromatic N) is 10. The van der Waals surface area contributed by atoms with E-state index >= 15 is 0 Å². The molecule has 336 valence electrons. The number of piperidine rings is 2. The molecular weight excluding hydrogens is 825 g/mol. The van der Waals surface area contributed by atoms with Gasteiger partial charge in [0, 0.05) is 36.3 Å². The molecule has 2 aromatic carbocycles.